The van der Waals surface area contributed by atoms with E-state index >= 15 is 0 Å². The number of nitrogens with zero attached hydrogens (tertiary/aromatic N) is 3. The van der Waals surface area contributed by atoms with Crippen LogP contribution in [-0.4, -0.2) is 25.4 Å². The zero-order valence-electron chi connectivity index (χ0n) is 19.3. The lowest BCUT2D eigenvalue weighted by Crippen LogP contribution is -2.26. The van der Waals surface area contributed by atoms with Crippen LogP contribution in [0.5, 0.6) is 0 Å². The van der Waals surface area contributed by atoms with Crippen LogP contribution in [0.2, 0.25) is 0 Å². The lowest BCUT2D eigenvalue weighted by Gasteiger charge is -2.20. The zero-order valence-corrected chi connectivity index (χ0v) is 20.1. The van der Waals surface area contributed by atoms with Crippen molar-refractivity contribution in [1.29, 1.82) is 0 Å². The number of fused-ring (bicyclic) bond motifs is 1. The molecule has 0 saturated carbocycles. The molecule has 7 nitrogen and oxygen atoms in total. The van der Waals surface area contributed by atoms with Crippen molar-refractivity contribution in [3.05, 3.63) is 109 Å². The molecule has 0 fully saturated rings. The van der Waals surface area contributed by atoms with Gasteiger partial charge in [0.15, 0.2) is 0 Å². The maximum atomic E-state index is 13.8. The van der Waals surface area contributed by atoms with E-state index in [2.05, 4.69) is 20.6 Å². The molecule has 0 atom stereocenters. The van der Waals surface area contributed by atoms with E-state index in [1.165, 1.54) is 23.5 Å². The molecule has 0 bridgehead atoms. The molecule has 2 heterocycles. The second-order valence-electron chi connectivity index (χ2n) is 8.05. The highest BCUT2D eigenvalue weighted by Crippen LogP contribution is 2.29. The quantitative estimate of drug-likeness (QED) is 0.282. The van der Waals surface area contributed by atoms with Crippen LogP contribution in [0.4, 0.5) is 32.8 Å². The van der Waals surface area contributed by atoms with E-state index in [0.717, 1.165) is 11.4 Å². The monoisotopic (exact) mass is 499 g/mol. The minimum atomic E-state index is -3.80. The topological polar surface area (TPSA) is 87.2 Å². The smallest absolute Gasteiger partial charge is 0.264 e. The number of halogens is 1. The van der Waals surface area contributed by atoms with Gasteiger partial charge < -0.3 is 10.6 Å². The van der Waals surface area contributed by atoms with Gasteiger partial charge in [-0.3, -0.25) is 14.3 Å². The van der Waals surface area contributed by atoms with E-state index in [0.29, 0.717) is 28.0 Å². The summed E-state index contributed by atoms with van der Waals surface area (Å²) >= 11 is 0. The fraction of sp³-hybridized carbons (Fsp3) is 0.0370. The van der Waals surface area contributed by atoms with Crippen LogP contribution in [0, 0.1) is 5.82 Å². The molecule has 0 saturated heterocycles. The van der Waals surface area contributed by atoms with Gasteiger partial charge in [-0.15, -0.1) is 0 Å². The number of hydrogen-bond acceptors (Lipinski definition) is 6. The Morgan fingerprint density at radius 3 is 2.31 bits per heavy atom. The van der Waals surface area contributed by atoms with Crippen LogP contribution >= 0.6 is 0 Å². The first-order chi connectivity index (χ1) is 17.4. The SMILES string of the molecule is CN(c1ccc(Nc2ccnc3ccc(F)cc23)cc1)S(=O)(=O)c1cccc(Nc2ccncc2)c1. The Kier molecular flexibility index (Phi) is 6.22. The van der Waals surface area contributed by atoms with Crippen molar-refractivity contribution in [3.63, 3.8) is 0 Å². The van der Waals surface area contributed by atoms with Gasteiger partial charge in [-0.25, -0.2) is 12.8 Å². The molecule has 0 unspecified atom stereocenters. The molecule has 3 aromatic carbocycles. The van der Waals surface area contributed by atoms with Gasteiger partial charge in [0, 0.05) is 53.8 Å². The first-order valence-corrected chi connectivity index (χ1v) is 12.5. The number of pyridine rings is 2. The molecule has 0 aliphatic rings. The molecule has 0 aliphatic carbocycles. The summed E-state index contributed by atoms with van der Waals surface area (Å²) in [6.07, 6.45) is 4.96. The average Bonchev–Trinajstić information content (AvgIpc) is 2.90. The third-order valence-electron chi connectivity index (χ3n) is 5.67. The highest BCUT2D eigenvalue weighted by atomic mass is 32.2. The molecule has 0 amide bonds. The van der Waals surface area contributed by atoms with Crippen LogP contribution < -0.4 is 14.9 Å². The number of aromatic nitrogens is 2. The van der Waals surface area contributed by atoms with E-state index in [4.69, 9.17) is 0 Å². The van der Waals surface area contributed by atoms with Crippen LogP contribution in [0.15, 0.2) is 108 Å². The summed E-state index contributed by atoms with van der Waals surface area (Å²) in [6.45, 7) is 0. The Balaban J connectivity index is 1.36. The van der Waals surface area contributed by atoms with Crippen molar-refractivity contribution in [1.82, 2.24) is 9.97 Å². The van der Waals surface area contributed by atoms with Gasteiger partial charge in [-0.2, -0.15) is 0 Å². The molecule has 2 aromatic heterocycles. The van der Waals surface area contributed by atoms with E-state index < -0.39 is 10.0 Å². The number of rotatable bonds is 7. The summed E-state index contributed by atoms with van der Waals surface area (Å²) in [4.78, 5) is 8.41. The van der Waals surface area contributed by atoms with Gasteiger partial charge in [0.05, 0.1) is 16.1 Å². The minimum absolute atomic E-state index is 0.163. The lowest BCUT2D eigenvalue weighted by molar-refractivity contribution is 0.594. The summed E-state index contributed by atoms with van der Waals surface area (Å²) in [5, 5.41) is 7.09. The number of anilines is 5. The van der Waals surface area contributed by atoms with Gasteiger partial charge in [0.25, 0.3) is 10.0 Å². The zero-order chi connectivity index (χ0) is 25.1. The largest absolute Gasteiger partial charge is 0.355 e. The summed E-state index contributed by atoms with van der Waals surface area (Å²) < 4.78 is 41.6. The van der Waals surface area contributed by atoms with E-state index in [1.807, 2.05) is 0 Å². The normalized spacial score (nSPS) is 11.3. The highest BCUT2D eigenvalue weighted by Gasteiger charge is 2.21. The van der Waals surface area contributed by atoms with Gasteiger partial charge in [-0.05, 0) is 78.9 Å². The third kappa shape index (κ3) is 4.82. The molecule has 5 aromatic rings. The first kappa shape index (κ1) is 23.3. The van der Waals surface area contributed by atoms with E-state index in [-0.39, 0.29) is 10.7 Å². The van der Waals surface area contributed by atoms with Crippen LogP contribution in [-0.2, 0) is 10.0 Å². The Bertz CT molecular complexity index is 1630. The molecule has 0 aliphatic heterocycles. The number of nitrogens with one attached hydrogen (secondary N) is 2. The molecule has 36 heavy (non-hydrogen) atoms. The van der Waals surface area contributed by atoms with Crippen molar-refractivity contribution in [3.8, 4) is 0 Å². The van der Waals surface area contributed by atoms with Crippen molar-refractivity contribution in [2.75, 3.05) is 22.0 Å². The molecule has 0 radical (unpaired) electrons. The second kappa shape index (κ2) is 9.63. The first-order valence-electron chi connectivity index (χ1n) is 11.1. The highest BCUT2D eigenvalue weighted by molar-refractivity contribution is 7.92. The maximum Gasteiger partial charge on any atom is 0.264 e. The second-order valence-corrected chi connectivity index (χ2v) is 10.0. The van der Waals surface area contributed by atoms with Crippen molar-refractivity contribution in [2.24, 2.45) is 0 Å². The number of hydrogen-bond donors (Lipinski definition) is 2. The summed E-state index contributed by atoms with van der Waals surface area (Å²) in [5.41, 5.74) is 4.05. The molecule has 5 rings (SSSR count). The number of sulfonamides is 1. The summed E-state index contributed by atoms with van der Waals surface area (Å²) in [7, 11) is -2.29. The van der Waals surface area contributed by atoms with Crippen LogP contribution in [0.25, 0.3) is 10.9 Å². The minimum Gasteiger partial charge on any atom is -0.355 e. The van der Waals surface area contributed by atoms with Gasteiger partial charge >= 0.3 is 0 Å². The van der Waals surface area contributed by atoms with Crippen molar-refractivity contribution in [2.45, 2.75) is 4.90 Å². The van der Waals surface area contributed by atoms with Gasteiger partial charge in [0.2, 0.25) is 0 Å². The average molecular weight is 500 g/mol. The fourth-order valence-corrected chi connectivity index (χ4v) is 5.01. The molecular formula is C27H22FN5O2S. The van der Waals surface area contributed by atoms with Crippen molar-refractivity contribution < 1.29 is 12.8 Å². The third-order valence-corrected chi connectivity index (χ3v) is 7.46. The van der Waals surface area contributed by atoms with E-state index in [9.17, 15) is 12.8 Å². The Labute approximate surface area is 208 Å². The Morgan fingerprint density at radius 2 is 1.53 bits per heavy atom. The molecular weight excluding hydrogens is 477 g/mol. The summed E-state index contributed by atoms with van der Waals surface area (Å²) in [5.74, 6) is -0.347. The predicted octanol–water partition coefficient (Wildman–Crippen LogP) is 6.08. The molecule has 9 heteroatoms. The van der Waals surface area contributed by atoms with Crippen LogP contribution in [0.3, 0.4) is 0 Å². The molecule has 0 spiro atoms. The van der Waals surface area contributed by atoms with Gasteiger partial charge in [0.1, 0.15) is 5.82 Å². The van der Waals surface area contributed by atoms with Crippen LogP contribution in [0.1, 0.15) is 0 Å². The lowest BCUT2D eigenvalue weighted by atomic mass is 10.1. The maximum absolute atomic E-state index is 13.8. The number of benzene rings is 3. The van der Waals surface area contributed by atoms with Gasteiger partial charge in [-0.1, -0.05) is 6.07 Å². The molecule has 180 valence electrons. The predicted molar refractivity (Wildman–Crippen MR) is 141 cm³/mol. The Morgan fingerprint density at radius 1 is 0.778 bits per heavy atom. The summed E-state index contributed by atoms with van der Waals surface area (Å²) in [6, 6.07) is 23.4. The van der Waals surface area contributed by atoms with E-state index in [1.54, 1.807) is 91.4 Å². The van der Waals surface area contributed by atoms with Crippen molar-refractivity contribution >= 4 is 49.4 Å². The fourth-order valence-electron chi connectivity index (χ4n) is 3.77. The standard InChI is InChI=1S/C27H22FN5O2S/c1-33(36(34,35)24-4-2-3-22(18-24)31-21-11-14-29-15-12-21)23-8-6-20(7-9-23)32-27-13-16-30-26-10-5-19(28)17-25(26)27/h2-18H,1H3,(H,29,31)(H,30,32). The molecule has 2 N–H and O–H groups in total. The Hall–Kier alpha value is -4.50.